The van der Waals surface area contributed by atoms with Crippen LogP contribution >= 0.6 is 0 Å². The van der Waals surface area contributed by atoms with Crippen LogP contribution in [0.25, 0.3) is 0 Å². The van der Waals surface area contributed by atoms with Crippen LogP contribution < -0.4 is 0 Å². The Bertz CT molecular complexity index is 1210. The molecule has 0 radical (unpaired) electrons. The van der Waals surface area contributed by atoms with E-state index in [1.807, 2.05) is 21.1 Å². The van der Waals surface area contributed by atoms with Crippen molar-refractivity contribution in [2.45, 2.75) is 367 Å². The Morgan fingerprint density at radius 2 is 0.592 bits per heavy atom. The number of carboxylic acid groups (broad SMARTS) is 1. The third-order valence-corrected chi connectivity index (χ3v) is 15.6. The molecule has 0 aromatic heterocycles. The summed E-state index contributed by atoms with van der Waals surface area (Å²) in [6, 6.07) is 0. The first-order valence-electron chi connectivity index (χ1n) is 33.7. The maximum atomic E-state index is 12.9. The van der Waals surface area contributed by atoms with E-state index in [1.165, 1.54) is 289 Å². The number of hydrogen-bond donors (Lipinski definition) is 1. The Morgan fingerprint density at radius 3 is 0.842 bits per heavy atom. The summed E-state index contributed by atoms with van der Waals surface area (Å²) in [6.45, 7) is 4.97. The van der Waals surface area contributed by atoms with Crippen LogP contribution in [0.2, 0.25) is 0 Å². The van der Waals surface area contributed by atoms with Crippen LogP contribution in [0.1, 0.15) is 354 Å². The van der Waals surface area contributed by atoms with Crippen LogP contribution in [0.15, 0.2) is 0 Å². The number of carbonyl (C=O) groups excluding carboxylic acids is 2. The van der Waals surface area contributed by atoms with Gasteiger partial charge in [-0.2, -0.15) is 0 Å². The number of hydrogen-bond acceptors (Lipinski definition) is 7. The molecule has 452 valence electrons. The molecule has 0 heterocycles. The number of esters is 2. The third kappa shape index (κ3) is 59.9. The van der Waals surface area contributed by atoms with Gasteiger partial charge >= 0.3 is 17.9 Å². The molecule has 1 N–H and O–H groups in total. The minimum absolute atomic E-state index is 0.172. The van der Waals surface area contributed by atoms with Gasteiger partial charge < -0.3 is 28.5 Å². The molecule has 0 saturated carbocycles. The van der Waals surface area contributed by atoms with Crippen molar-refractivity contribution in [1.82, 2.24) is 0 Å². The summed E-state index contributed by atoms with van der Waals surface area (Å²) in [5.74, 6) is -1.97. The van der Waals surface area contributed by atoms with Gasteiger partial charge in [0, 0.05) is 12.8 Å². The fraction of sp³-hybridized carbons (Fsp3) is 0.955. The molecule has 9 heteroatoms. The fourth-order valence-corrected chi connectivity index (χ4v) is 10.4. The number of carboxylic acids is 1. The number of quaternary nitrogens is 1. The van der Waals surface area contributed by atoms with Crippen molar-refractivity contribution in [3.8, 4) is 0 Å². The van der Waals surface area contributed by atoms with Gasteiger partial charge in [-0.25, -0.2) is 4.79 Å². The minimum Gasteiger partial charge on any atom is -0.477 e. The lowest BCUT2D eigenvalue weighted by molar-refractivity contribution is -0.870. The Balaban J connectivity index is 4.06. The summed E-state index contributed by atoms with van der Waals surface area (Å²) in [7, 11) is 5.99. The van der Waals surface area contributed by atoms with E-state index in [1.54, 1.807) is 0 Å². The molecule has 0 aliphatic carbocycles. The van der Waals surface area contributed by atoms with E-state index in [2.05, 4.69) is 13.8 Å². The molecular formula is C67H132NO8+. The smallest absolute Gasteiger partial charge is 0.361 e. The van der Waals surface area contributed by atoms with Gasteiger partial charge in [-0.3, -0.25) is 9.59 Å². The van der Waals surface area contributed by atoms with Crippen molar-refractivity contribution in [1.29, 1.82) is 0 Å². The van der Waals surface area contributed by atoms with Gasteiger partial charge in [0.15, 0.2) is 6.10 Å². The van der Waals surface area contributed by atoms with E-state index in [4.69, 9.17) is 18.9 Å². The molecule has 0 bridgehead atoms. The molecular weight excluding hydrogens is 947 g/mol. The van der Waals surface area contributed by atoms with Crippen molar-refractivity contribution in [3.05, 3.63) is 0 Å². The second kappa shape index (κ2) is 59.4. The van der Waals surface area contributed by atoms with Crippen molar-refractivity contribution in [3.63, 3.8) is 0 Å². The van der Waals surface area contributed by atoms with Gasteiger partial charge in [0.2, 0.25) is 0 Å². The lowest BCUT2D eigenvalue weighted by atomic mass is 10.0. The van der Waals surface area contributed by atoms with Gasteiger partial charge in [0.1, 0.15) is 13.2 Å². The third-order valence-electron chi connectivity index (χ3n) is 15.6. The Morgan fingerprint density at radius 1 is 0.342 bits per heavy atom. The van der Waals surface area contributed by atoms with E-state index in [0.29, 0.717) is 17.4 Å². The maximum Gasteiger partial charge on any atom is 0.361 e. The molecule has 0 aromatic rings. The Labute approximate surface area is 473 Å². The fourth-order valence-electron chi connectivity index (χ4n) is 10.4. The molecule has 0 amide bonds. The van der Waals surface area contributed by atoms with Crippen LogP contribution in [0, 0.1) is 0 Å². The number of unbranched alkanes of at least 4 members (excludes halogenated alkanes) is 49. The normalized spacial score (nSPS) is 12.6. The number of rotatable bonds is 64. The van der Waals surface area contributed by atoms with Gasteiger partial charge in [0.05, 0.1) is 34.4 Å². The van der Waals surface area contributed by atoms with E-state index in [9.17, 15) is 19.5 Å². The van der Waals surface area contributed by atoms with E-state index in [-0.39, 0.29) is 38.2 Å². The molecule has 0 aliphatic heterocycles. The zero-order valence-corrected chi connectivity index (χ0v) is 51.7. The second-order valence-corrected chi connectivity index (χ2v) is 24.5. The zero-order valence-electron chi connectivity index (χ0n) is 51.7. The van der Waals surface area contributed by atoms with Gasteiger partial charge in [0.25, 0.3) is 6.29 Å². The molecule has 9 nitrogen and oxygen atoms in total. The monoisotopic (exact) mass is 1080 g/mol. The van der Waals surface area contributed by atoms with Crippen LogP contribution in [0.5, 0.6) is 0 Å². The first kappa shape index (κ1) is 74.3. The first-order valence-corrected chi connectivity index (χ1v) is 33.7. The highest BCUT2D eigenvalue weighted by Crippen LogP contribution is 2.19. The Kier molecular flexibility index (Phi) is 58.1. The summed E-state index contributed by atoms with van der Waals surface area (Å²) in [4.78, 5) is 37.6. The van der Waals surface area contributed by atoms with Crippen LogP contribution in [0.3, 0.4) is 0 Å². The van der Waals surface area contributed by atoms with Gasteiger partial charge in [-0.05, 0) is 12.8 Å². The number of carbonyl (C=O) groups is 3. The molecule has 0 saturated heterocycles. The van der Waals surface area contributed by atoms with Gasteiger partial charge in [-0.15, -0.1) is 0 Å². The predicted molar refractivity (Wildman–Crippen MR) is 323 cm³/mol. The van der Waals surface area contributed by atoms with E-state index >= 15 is 0 Å². The standard InChI is InChI=1S/C67H131NO8/c1-6-8-10-12-14-16-18-20-22-24-26-28-30-31-32-33-34-35-36-38-40-42-44-46-48-50-52-54-56-58-65(70)76-63(62-75-67(66(71)72)73-60-59-68(3,4)5)61-74-64(69)57-55-53-51-49-47-45-43-41-39-37-29-27-25-23-21-19-17-15-13-11-9-7-2/h63,67H,6-62H2,1-5H3/p+1. The molecule has 2 atom stereocenters. The van der Waals surface area contributed by atoms with Crippen LogP contribution in [-0.4, -0.2) is 87.4 Å². The zero-order chi connectivity index (χ0) is 55.5. The molecule has 0 fully saturated rings. The largest absolute Gasteiger partial charge is 0.477 e. The highest BCUT2D eigenvalue weighted by Gasteiger charge is 2.25. The average molecular weight is 1080 g/mol. The highest BCUT2D eigenvalue weighted by atomic mass is 16.7. The molecule has 0 spiro atoms. The van der Waals surface area contributed by atoms with Crippen molar-refractivity contribution < 1.29 is 42.9 Å². The quantitative estimate of drug-likeness (QED) is 0.0278. The van der Waals surface area contributed by atoms with Gasteiger partial charge in [-0.1, -0.05) is 328 Å². The molecule has 0 aromatic carbocycles. The number of ether oxygens (including phenoxy) is 4. The lowest BCUT2D eigenvalue weighted by Gasteiger charge is -2.25. The SMILES string of the molecule is CCCCCCCCCCCCCCCCCCCCCCCCCCCCCCCC(=O)OC(COC(=O)CCCCCCCCCCCCCCCCCCCCCCCC)COC(OCC[N+](C)(C)C)C(=O)O. The van der Waals surface area contributed by atoms with Crippen LogP contribution in [-0.2, 0) is 33.3 Å². The van der Waals surface area contributed by atoms with Crippen molar-refractivity contribution in [2.24, 2.45) is 0 Å². The van der Waals surface area contributed by atoms with Crippen LogP contribution in [0.4, 0.5) is 0 Å². The minimum atomic E-state index is -1.50. The lowest BCUT2D eigenvalue weighted by Crippen LogP contribution is -2.40. The summed E-state index contributed by atoms with van der Waals surface area (Å²) in [5, 5.41) is 9.73. The maximum absolute atomic E-state index is 12.9. The molecule has 0 aliphatic rings. The topological polar surface area (TPSA) is 108 Å². The summed E-state index contributed by atoms with van der Waals surface area (Å²) in [6.07, 6.45) is 66.4. The summed E-state index contributed by atoms with van der Waals surface area (Å²) < 4.78 is 23.0. The van der Waals surface area contributed by atoms with Crippen molar-refractivity contribution in [2.75, 3.05) is 47.5 Å². The highest BCUT2D eigenvalue weighted by molar-refractivity contribution is 5.71. The summed E-state index contributed by atoms with van der Waals surface area (Å²) >= 11 is 0. The molecule has 76 heavy (non-hydrogen) atoms. The summed E-state index contributed by atoms with van der Waals surface area (Å²) in [5.41, 5.74) is 0. The molecule has 0 rings (SSSR count). The predicted octanol–water partition coefficient (Wildman–Crippen LogP) is 20.3. The van der Waals surface area contributed by atoms with Crippen molar-refractivity contribution >= 4 is 17.9 Å². The Hall–Kier alpha value is -1.71. The molecule has 2 unspecified atom stereocenters. The second-order valence-electron chi connectivity index (χ2n) is 24.5. The number of likely N-dealkylation sites (N-methyl/N-ethyl adjacent to an activating group) is 1. The van der Waals surface area contributed by atoms with E-state index < -0.39 is 18.4 Å². The number of nitrogens with zero attached hydrogens (tertiary/aromatic N) is 1. The average Bonchev–Trinajstić information content (AvgIpc) is 3.39. The first-order chi connectivity index (χ1) is 37.1. The number of aliphatic carboxylic acids is 1. The van der Waals surface area contributed by atoms with E-state index in [0.717, 1.165) is 38.5 Å².